The summed E-state index contributed by atoms with van der Waals surface area (Å²) in [6.07, 6.45) is 12.2. The zero-order chi connectivity index (χ0) is 21.8. The lowest BCUT2D eigenvalue weighted by Gasteiger charge is -2.22. The van der Waals surface area contributed by atoms with Crippen molar-refractivity contribution < 1.29 is 19.7 Å². The quantitative estimate of drug-likeness (QED) is 0.322. The van der Waals surface area contributed by atoms with E-state index in [1.54, 1.807) is 26.4 Å². The Kier molecular flexibility index (Phi) is 10.4. The monoisotopic (exact) mass is 414 g/mol. The van der Waals surface area contributed by atoms with E-state index in [4.69, 9.17) is 9.47 Å². The van der Waals surface area contributed by atoms with Crippen molar-refractivity contribution in [2.45, 2.75) is 77.0 Å². The van der Waals surface area contributed by atoms with Gasteiger partial charge in [-0.15, -0.1) is 0 Å². The lowest BCUT2D eigenvalue weighted by atomic mass is 9.85. The second kappa shape index (κ2) is 13.0. The molecule has 2 aromatic carbocycles. The second-order valence-electron chi connectivity index (χ2n) is 7.97. The molecule has 2 N–H and O–H groups in total. The summed E-state index contributed by atoms with van der Waals surface area (Å²) in [7, 11) is 3.11. The number of hydrogen-bond donors (Lipinski definition) is 2. The lowest BCUT2D eigenvalue weighted by molar-refractivity contribution is 0.363. The summed E-state index contributed by atoms with van der Waals surface area (Å²) < 4.78 is 10.6. The maximum absolute atomic E-state index is 10.7. The molecule has 4 nitrogen and oxygen atoms in total. The number of unbranched alkanes of at least 4 members (excludes halogenated alkanes) is 8. The van der Waals surface area contributed by atoms with Gasteiger partial charge in [0.25, 0.3) is 0 Å². The smallest absolute Gasteiger partial charge is 0.161 e. The van der Waals surface area contributed by atoms with E-state index in [1.165, 1.54) is 44.9 Å². The molecule has 0 fully saturated rings. The number of ether oxygens (including phenoxy) is 2. The van der Waals surface area contributed by atoms with Gasteiger partial charge in [-0.1, -0.05) is 89.0 Å². The van der Waals surface area contributed by atoms with Crippen LogP contribution >= 0.6 is 0 Å². The van der Waals surface area contributed by atoms with Crippen LogP contribution in [-0.2, 0) is 0 Å². The highest BCUT2D eigenvalue weighted by atomic mass is 16.5. The molecule has 0 saturated heterocycles. The fraction of sp³-hybridized carbons (Fsp3) is 0.538. The first kappa shape index (κ1) is 23.9. The molecular formula is C26H38O4. The van der Waals surface area contributed by atoms with E-state index in [0.29, 0.717) is 11.5 Å². The molecule has 0 amide bonds. The Bertz CT molecular complexity index is 703. The van der Waals surface area contributed by atoms with E-state index in [-0.39, 0.29) is 17.4 Å². The largest absolute Gasteiger partial charge is 0.504 e. The van der Waals surface area contributed by atoms with Crippen molar-refractivity contribution in [1.29, 1.82) is 0 Å². The minimum Gasteiger partial charge on any atom is -0.504 e. The van der Waals surface area contributed by atoms with Crippen LogP contribution in [0.15, 0.2) is 36.4 Å². The van der Waals surface area contributed by atoms with Gasteiger partial charge in [0, 0.05) is 17.0 Å². The van der Waals surface area contributed by atoms with Crippen LogP contribution in [0.4, 0.5) is 0 Å². The number of rotatable bonds is 14. The van der Waals surface area contributed by atoms with Gasteiger partial charge in [-0.3, -0.25) is 0 Å². The van der Waals surface area contributed by atoms with Gasteiger partial charge in [0.2, 0.25) is 0 Å². The highest BCUT2D eigenvalue weighted by Gasteiger charge is 2.23. The molecule has 4 heteroatoms. The molecule has 0 unspecified atom stereocenters. The summed E-state index contributed by atoms with van der Waals surface area (Å²) in [6.45, 7) is 2.25. The standard InChI is InChI=1S/C26H38O4/c1-4-5-6-7-8-9-10-11-12-15-20(21-16-13-18-23(29-2)25(21)27)22-17-14-19-24(30-3)26(22)28/h13-14,16-20,27-28H,4-12,15H2,1-3H3. The first-order valence-corrected chi connectivity index (χ1v) is 11.4. The molecule has 0 saturated carbocycles. The van der Waals surface area contributed by atoms with Crippen LogP contribution < -0.4 is 9.47 Å². The van der Waals surface area contributed by atoms with Crippen molar-refractivity contribution in [3.05, 3.63) is 47.5 Å². The van der Waals surface area contributed by atoms with Gasteiger partial charge in [-0.2, -0.15) is 0 Å². The Balaban J connectivity index is 2.09. The molecule has 0 aromatic heterocycles. The topological polar surface area (TPSA) is 58.9 Å². The van der Waals surface area contributed by atoms with Crippen molar-refractivity contribution in [3.63, 3.8) is 0 Å². The third-order valence-electron chi connectivity index (χ3n) is 5.85. The molecule has 0 aliphatic rings. The SMILES string of the molecule is CCCCCCCCCCCC(c1cccc(OC)c1O)c1cccc(OC)c1O. The van der Waals surface area contributed by atoms with Crippen molar-refractivity contribution in [2.24, 2.45) is 0 Å². The molecule has 0 aliphatic heterocycles. The Morgan fingerprint density at radius 1 is 0.667 bits per heavy atom. The Morgan fingerprint density at radius 2 is 1.10 bits per heavy atom. The van der Waals surface area contributed by atoms with Crippen LogP contribution in [0.1, 0.15) is 88.2 Å². The normalized spacial score (nSPS) is 11.1. The number of benzene rings is 2. The number of phenols is 2. The minimum atomic E-state index is -0.125. The molecule has 166 valence electrons. The van der Waals surface area contributed by atoms with E-state index in [2.05, 4.69) is 6.92 Å². The summed E-state index contributed by atoms with van der Waals surface area (Å²) in [5.74, 6) is 1.06. The molecule has 0 aliphatic carbocycles. The van der Waals surface area contributed by atoms with Crippen molar-refractivity contribution in [2.75, 3.05) is 14.2 Å². The summed E-state index contributed by atoms with van der Waals surface area (Å²) >= 11 is 0. The Hall–Kier alpha value is -2.36. The maximum Gasteiger partial charge on any atom is 0.161 e. The van der Waals surface area contributed by atoms with E-state index in [0.717, 1.165) is 30.4 Å². The molecule has 0 bridgehead atoms. The van der Waals surface area contributed by atoms with Gasteiger partial charge in [0.1, 0.15) is 0 Å². The lowest BCUT2D eigenvalue weighted by Crippen LogP contribution is -2.04. The molecule has 2 aromatic rings. The predicted molar refractivity (Wildman–Crippen MR) is 123 cm³/mol. The Labute approximate surface area is 181 Å². The summed E-state index contributed by atoms with van der Waals surface area (Å²) in [4.78, 5) is 0. The molecule has 0 spiro atoms. The fourth-order valence-electron chi connectivity index (χ4n) is 4.11. The van der Waals surface area contributed by atoms with Crippen LogP contribution in [0.2, 0.25) is 0 Å². The average molecular weight is 415 g/mol. The summed E-state index contributed by atoms with van der Waals surface area (Å²) in [5, 5.41) is 21.5. The second-order valence-corrected chi connectivity index (χ2v) is 7.97. The minimum absolute atomic E-state index is 0.125. The van der Waals surface area contributed by atoms with E-state index in [1.807, 2.05) is 24.3 Å². The van der Waals surface area contributed by atoms with Gasteiger partial charge in [0.15, 0.2) is 23.0 Å². The molecule has 0 radical (unpaired) electrons. The number of para-hydroxylation sites is 2. The van der Waals surface area contributed by atoms with Crippen molar-refractivity contribution in [1.82, 2.24) is 0 Å². The highest BCUT2D eigenvalue weighted by Crippen LogP contribution is 2.44. The predicted octanol–water partition coefficient (Wildman–Crippen LogP) is 7.17. The summed E-state index contributed by atoms with van der Waals surface area (Å²) in [6, 6.07) is 11.1. The van der Waals surface area contributed by atoms with E-state index < -0.39 is 0 Å². The van der Waals surface area contributed by atoms with Gasteiger partial charge in [-0.25, -0.2) is 0 Å². The van der Waals surface area contributed by atoms with Gasteiger partial charge < -0.3 is 19.7 Å². The van der Waals surface area contributed by atoms with E-state index >= 15 is 0 Å². The van der Waals surface area contributed by atoms with Crippen LogP contribution in [-0.4, -0.2) is 24.4 Å². The van der Waals surface area contributed by atoms with Crippen LogP contribution in [0.3, 0.4) is 0 Å². The fourth-order valence-corrected chi connectivity index (χ4v) is 4.11. The van der Waals surface area contributed by atoms with Gasteiger partial charge in [0.05, 0.1) is 14.2 Å². The van der Waals surface area contributed by atoms with Crippen LogP contribution in [0.5, 0.6) is 23.0 Å². The molecule has 0 heterocycles. The number of hydrogen-bond acceptors (Lipinski definition) is 4. The van der Waals surface area contributed by atoms with E-state index in [9.17, 15) is 10.2 Å². The van der Waals surface area contributed by atoms with Crippen LogP contribution in [0, 0.1) is 0 Å². The number of aromatic hydroxyl groups is 2. The maximum atomic E-state index is 10.7. The molecule has 2 rings (SSSR count). The van der Waals surface area contributed by atoms with Crippen molar-refractivity contribution in [3.8, 4) is 23.0 Å². The Morgan fingerprint density at radius 3 is 1.53 bits per heavy atom. The number of methoxy groups -OCH3 is 2. The third-order valence-corrected chi connectivity index (χ3v) is 5.85. The average Bonchev–Trinajstić information content (AvgIpc) is 2.76. The van der Waals surface area contributed by atoms with Crippen molar-refractivity contribution >= 4 is 0 Å². The van der Waals surface area contributed by atoms with Gasteiger partial charge >= 0.3 is 0 Å². The zero-order valence-corrected chi connectivity index (χ0v) is 18.8. The molecule has 30 heavy (non-hydrogen) atoms. The van der Waals surface area contributed by atoms with Gasteiger partial charge in [-0.05, 0) is 18.6 Å². The molecule has 0 atom stereocenters. The third kappa shape index (κ3) is 6.58. The zero-order valence-electron chi connectivity index (χ0n) is 18.8. The van der Waals surface area contributed by atoms with Crippen LogP contribution in [0.25, 0.3) is 0 Å². The first-order chi connectivity index (χ1) is 14.6. The first-order valence-electron chi connectivity index (χ1n) is 11.4. The molecular weight excluding hydrogens is 376 g/mol. The summed E-state index contributed by atoms with van der Waals surface area (Å²) in [5.41, 5.74) is 1.55. The number of phenolic OH excluding ortho intramolecular Hbond substituents is 2. The highest BCUT2D eigenvalue weighted by molar-refractivity contribution is 5.55.